The van der Waals surface area contributed by atoms with Crippen LogP contribution in [-0.4, -0.2) is 65.3 Å². The Morgan fingerprint density at radius 2 is 1.82 bits per heavy atom. The number of halogens is 2. The van der Waals surface area contributed by atoms with Crippen LogP contribution in [0.15, 0.2) is 0 Å². The Bertz CT molecular complexity index is 613. The topological polar surface area (TPSA) is 73.3 Å². The molecule has 8 heteroatoms. The molecule has 1 saturated carbocycles. The number of nitrogens with zero attached hydrogens (tertiary/aromatic N) is 3. The van der Waals surface area contributed by atoms with Gasteiger partial charge in [-0.15, -0.1) is 24.8 Å². The molecule has 0 spiro atoms. The Balaban J connectivity index is 0.00000140. The fraction of sp³-hybridized carbons (Fsp3) is 0.800. The summed E-state index contributed by atoms with van der Waals surface area (Å²) in [4.78, 5) is 12.3. The summed E-state index contributed by atoms with van der Waals surface area (Å²) in [6.45, 7) is 5.77. The average molecular weight is 432 g/mol. The van der Waals surface area contributed by atoms with Gasteiger partial charge in [0, 0.05) is 44.1 Å². The summed E-state index contributed by atoms with van der Waals surface area (Å²) in [6, 6.07) is 0. The van der Waals surface area contributed by atoms with Crippen LogP contribution >= 0.6 is 24.8 Å². The van der Waals surface area contributed by atoms with Crippen LogP contribution in [0.3, 0.4) is 0 Å². The molecule has 2 aliphatic heterocycles. The van der Waals surface area contributed by atoms with Crippen LogP contribution < -0.4 is 10.6 Å². The van der Waals surface area contributed by atoms with Gasteiger partial charge in [-0.2, -0.15) is 0 Å². The van der Waals surface area contributed by atoms with E-state index in [0.29, 0.717) is 5.92 Å². The smallest absolute Gasteiger partial charge is 0.134 e. The summed E-state index contributed by atoms with van der Waals surface area (Å²) < 4.78 is 0. The van der Waals surface area contributed by atoms with Gasteiger partial charge >= 0.3 is 0 Å². The van der Waals surface area contributed by atoms with Crippen molar-refractivity contribution in [3.63, 3.8) is 0 Å². The number of nitrogens with one attached hydrogen (secondary N) is 2. The lowest BCUT2D eigenvalue weighted by atomic mass is 10.0. The van der Waals surface area contributed by atoms with E-state index in [1.54, 1.807) is 0 Å². The highest BCUT2D eigenvalue weighted by atomic mass is 35.5. The second-order valence-corrected chi connectivity index (χ2v) is 8.11. The highest BCUT2D eigenvalue weighted by molar-refractivity contribution is 5.85. The zero-order valence-electron chi connectivity index (χ0n) is 16.7. The fourth-order valence-corrected chi connectivity index (χ4v) is 4.64. The third kappa shape index (κ3) is 5.92. The number of aliphatic hydroxyl groups is 1. The lowest BCUT2D eigenvalue weighted by Gasteiger charge is -2.30. The van der Waals surface area contributed by atoms with Gasteiger partial charge in [-0.05, 0) is 45.2 Å². The molecule has 0 amide bonds. The van der Waals surface area contributed by atoms with Crippen molar-refractivity contribution >= 4 is 30.6 Å². The minimum atomic E-state index is -0.154. The Morgan fingerprint density at radius 3 is 2.61 bits per heavy atom. The van der Waals surface area contributed by atoms with Crippen molar-refractivity contribution in [2.45, 2.75) is 63.4 Å². The lowest BCUT2D eigenvalue weighted by Crippen LogP contribution is -2.40. The molecule has 6 nitrogen and oxygen atoms in total. The standard InChI is InChI=1S/C20H33N5O.2ClH/c26-16-6-3-12-25(14-16)13-11-22-20-17-7-9-21-10-8-18(17)23-19(24-20)15-4-1-2-5-15;;/h15-16,21,26H,1-14H2,(H,22,23,24);2*1H. The van der Waals surface area contributed by atoms with Gasteiger partial charge in [-0.25, -0.2) is 9.97 Å². The van der Waals surface area contributed by atoms with E-state index in [1.165, 1.54) is 36.9 Å². The average Bonchev–Trinajstić information content (AvgIpc) is 3.07. The molecular weight excluding hydrogens is 397 g/mol. The van der Waals surface area contributed by atoms with Crippen LogP contribution in [0.4, 0.5) is 5.82 Å². The number of rotatable bonds is 5. The molecule has 0 radical (unpaired) electrons. The first-order chi connectivity index (χ1) is 12.8. The summed E-state index contributed by atoms with van der Waals surface area (Å²) in [6.07, 6.45) is 9.00. The Hall–Kier alpha value is -0.660. The van der Waals surface area contributed by atoms with E-state index in [0.717, 1.165) is 76.6 Å². The molecule has 1 aromatic rings. The number of anilines is 1. The molecule has 1 atom stereocenters. The number of aromatic nitrogens is 2. The summed E-state index contributed by atoms with van der Waals surface area (Å²) in [7, 11) is 0. The maximum Gasteiger partial charge on any atom is 0.134 e. The van der Waals surface area contributed by atoms with Crippen molar-refractivity contribution in [2.24, 2.45) is 0 Å². The minimum Gasteiger partial charge on any atom is -0.392 e. The second kappa shape index (κ2) is 11.5. The van der Waals surface area contributed by atoms with Gasteiger partial charge in [0.2, 0.25) is 0 Å². The summed E-state index contributed by atoms with van der Waals surface area (Å²) in [5.74, 6) is 2.69. The molecular formula is C20H35Cl2N5O. The third-order valence-corrected chi connectivity index (χ3v) is 6.12. The number of hydrogen-bond donors (Lipinski definition) is 3. The largest absolute Gasteiger partial charge is 0.392 e. The quantitative estimate of drug-likeness (QED) is 0.664. The first kappa shape index (κ1) is 23.6. The van der Waals surface area contributed by atoms with Crippen LogP contribution in [0, 0.1) is 0 Å². The van der Waals surface area contributed by atoms with Gasteiger partial charge in [0.05, 0.1) is 11.8 Å². The van der Waals surface area contributed by atoms with Gasteiger partial charge in [0.25, 0.3) is 0 Å². The van der Waals surface area contributed by atoms with Crippen molar-refractivity contribution in [1.29, 1.82) is 0 Å². The predicted octanol–water partition coefficient (Wildman–Crippen LogP) is 2.53. The van der Waals surface area contributed by atoms with Gasteiger partial charge in [0.1, 0.15) is 11.6 Å². The SMILES string of the molecule is Cl.Cl.OC1CCCN(CCNc2nc(C3CCCC3)nc3c2CCNCC3)C1. The number of piperidine rings is 1. The van der Waals surface area contributed by atoms with E-state index in [2.05, 4.69) is 15.5 Å². The van der Waals surface area contributed by atoms with E-state index in [4.69, 9.17) is 9.97 Å². The molecule has 1 aliphatic carbocycles. The minimum absolute atomic E-state index is 0. The molecule has 0 aromatic carbocycles. The Kier molecular flexibility index (Phi) is 9.71. The summed E-state index contributed by atoms with van der Waals surface area (Å²) >= 11 is 0. The normalized spacial score (nSPS) is 23.2. The highest BCUT2D eigenvalue weighted by Crippen LogP contribution is 2.34. The molecule has 3 N–H and O–H groups in total. The van der Waals surface area contributed by atoms with Crippen molar-refractivity contribution in [3.05, 3.63) is 17.1 Å². The van der Waals surface area contributed by atoms with E-state index in [9.17, 15) is 5.11 Å². The molecule has 1 saturated heterocycles. The molecule has 28 heavy (non-hydrogen) atoms. The molecule has 1 unspecified atom stereocenters. The van der Waals surface area contributed by atoms with Crippen LogP contribution in [0.2, 0.25) is 0 Å². The molecule has 3 aliphatic rings. The van der Waals surface area contributed by atoms with Gasteiger partial charge in [-0.3, -0.25) is 4.90 Å². The number of hydrogen-bond acceptors (Lipinski definition) is 6. The number of aliphatic hydroxyl groups excluding tert-OH is 1. The molecule has 2 fully saturated rings. The zero-order valence-corrected chi connectivity index (χ0v) is 18.3. The molecule has 0 bridgehead atoms. The fourth-order valence-electron chi connectivity index (χ4n) is 4.64. The molecule has 160 valence electrons. The molecule has 3 heterocycles. The van der Waals surface area contributed by atoms with Crippen LogP contribution in [0.25, 0.3) is 0 Å². The molecule has 1 aromatic heterocycles. The van der Waals surface area contributed by atoms with Crippen molar-refractivity contribution in [2.75, 3.05) is 44.6 Å². The van der Waals surface area contributed by atoms with E-state index in [-0.39, 0.29) is 30.9 Å². The molecule has 4 rings (SSSR count). The number of β-amino-alcohol motifs (C(OH)–C–C–N with tert-alkyl or cyclic N) is 1. The highest BCUT2D eigenvalue weighted by Gasteiger charge is 2.24. The van der Waals surface area contributed by atoms with Crippen LogP contribution in [0.1, 0.15) is 61.5 Å². The first-order valence-corrected chi connectivity index (χ1v) is 10.5. The van der Waals surface area contributed by atoms with Crippen molar-refractivity contribution < 1.29 is 5.11 Å². The summed E-state index contributed by atoms with van der Waals surface area (Å²) in [5.41, 5.74) is 2.57. The summed E-state index contributed by atoms with van der Waals surface area (Å²) in [5, 5.41) is 17.0. The maximum atomic E-state index is 9.85. The van der Waals surface area contributed by atoms with Gasteiger partial charge < -0.3 is 15.7 Å². The van der Waals surface area contributed by atoms with Crippen LogP contribution in [0.5, 0.6) is 0 Å². The number of likely N-dealkylation sites (tertiary alicyclic amines) is 1. The monoisotopic (exact) mass is 431 g/mol. The predicted molar refractivity (Wildman–Crippen MR) is 118 cm³/mol. The Morgan fingerprint density at radius 1 is 1.04 bits per heavy atom. The lowest BCUT2D eigenvalue weighted by molar-refractivity contribution is 0.0730. The maximum absolute atomic E-state index is 9.85. The van der Waals surface area contributed by atoms with Crippen molar-refractivity contribution in [1.82, 2.24) is 20.2 Å². The van der Waals surface area contributed by atoms with E-state index in [1.807, 2.05) is 0 Å². The van der Waals surface area contributed by atoms with Crippen LogP contribution in [-0.2, 0) is 12.8 Å². The van der Waals surface area contributed by atoms with Crippen molar-refractivity contribution in [3.8, 4) is 0 Å². The first-order valence-electron chi connectivity index (χ1n) is 10.5. The van der Waals surface area contributed by atoms with E-state index >= 15 is 0 Å². The second-order valence-electron chi connectivity index (χ2n) is 8.11. The zero-order chi connectivity index (χ0) is 17.8. The Labute approximate surface area is 181 Å². The third-order valence-electron chi connectivity index (χ3n) is 6.12. The van der Waals surface area contributed by atoms with Gasteiger partial charge in [0.15, 0.2) is 0 Å². The number of fused-ring (bicyclic) bond motifs is 1. The van der Waals surface area contributed by atoms with Gasteiger partial charge in [-0.1, -0.05) is 12.8 Å². The van der Waals surface area contributed by atoms with E-state index < -0.39 is 0 Å².